The minimum atomic E-state index is 0.701. The van der Waals surface area contributed by atoms with Crippen LogP contribution in [0.15, 0.2) is 6.33 Å². The summed E-state index contributed by atoms with van der Waals surface area (Å²) in [4.78, 5) is 0. The normalized spacial score (nSPS) is 39.9. The lowest BCUT2D eigenvalue weighted by Gasteiger charge is -2.54. The van der Waals surface area contributed by atoms with E-state index in [9.17, 15) is 0 Å². The van der Waals surface area contributed by atoms with Gasteiger partial charge in [-0.3, -0.25) is 0 Å². The molecule has 4 aliphatic carbocycles. The highest BCUT2D eigenvalue weighted by atomic mass is 15.3. The maximum Gasteiger partial charge on any atom is 0.136 e. The van der Waals surface area contributed by atoms with Crippen molar-refractivity contribution in [1.29, 1.82) is 0 Å². The topological polar surface area (TPSA) is 42.7 Å². The minimum absolute atomic E-state index is 0.701. The van der Waals surface area contributed by atoms with Crippen molar-refractivity contribution in [3.05, 3.63) is 12.2 Å². The summed E-state index contributed by atoms with van der Waals surface area (Å²) in [5, 5.41) is 11.9. The van der Waals surface area contributed by atoms with Gasteiger partial charge in [0.25, 0.3) is 0 Å². The highest BCUT2D eigenvalue weighted by Gasteiger charge is 2.50. The van der Waals surface area contributed by atoms with Crippen LogP contribution in [0.5, 0.6) is 0 Å². The van der Waals surface area contributed by atoms with E-state index >= 15 is 0 Å². The van der Waals surface area contributed by atoms with Crippen LogP contribution >= 0.6 is 0 Å². The van der Waals surface area contributed by atoms with Gasteiger partial charge in [-0.25, -0.2) is 0 Å². The van der Waals surface area contributed by atoms with Gasteiger partial charge in [0.1, 0.15) is 12.2 Å². The zero-order valence-corrected chi connectivity index (χ0v) is 11.8. The van der Waals surface area contributed by atoms with Crippen molar-refractivity contribution in [3.63, 3.8) is 0 Å². The lowest BCUT2D eigenvalue weighted by Crippen LogP contribution is -2.44. The van der Waals surface area contributed by atoms with Gasteiger partial charge in [-0.2, -0.15) is 0 Å². The SMILES string of the molecule is CNCCn1cnnc1C1C2CC3CC(C2)CC1C3. The van der Waals surface area contributed by atoms with Gasteiger partial charge < -0.3 is 9.88 Å². The summed E-state index contributed by atoms with van der Waals surface area (Å²) in [6.07, 6.45) is 9.27. The first-order valence-corrected chi connectivity index (χ1v) is 7.87. The molecule has 4 aliphatic rings. The second-order valence-electron chi connectivity index (χ2n) is 6.94. The Morgan fingerprint density at radius 2 is 1.84 bits per heavy atom. The molecular weight excluding hydrogens is 236 g/mol. The van der Waals surface area contributed by atoms with E-state index in [0.717, 1.165) is 36.8 Å². The molecule has 104 valence electrons. The Hall–Kier alpha value is -0.900. The molecule has 0 unspecified atom stereocenters. The number of hydrogen-bond donors (Lipinski definition) is 1. The largest absolute Gasteiger partial charge is 0.318 e. The van der Waals surface area contributed by atoms with Crippen LogP contribution in [0.1, 0.15) is 43.8 Å². The summed E-state index contributed by atoms with van der Waals surface area (Å²) in [6, 6.07) is 0. The fraction of sp³-hybridized carbons (Fsp3) is 0.867. The minimum Gasteiger partial charge on any atom is -0.318 e. The molecule has 4 bridgehead atoms. The van der Waals surface area contributed by atoms with E-state index in [0.29, 0.717) is 5.92 Å². The number of aromatic nitrogens is 3. The fourth-order valence-corrected chi connectivity index (χ4v) is 5.27. The van der Waals surface area contributed by atoms with Crippen molar-refractivity contribution in [2.24, 2.45) is 23.7 Å². The van der Waals surface area contributed by atoms with Gasteiger partial charge in [0, 0.05) is 19.0 Å². The number of likely N-dealkylation sites (N-methyl/N-ethyl adjacent to an activating group) is 1. The van der Waals surface area contributed by atoms with Crippen LogP contribution in [0, 0.1) is 23.7 Å². The van der Waals surface area contributed by atoms with Gasteiger partial charge in [-0.1, -0.05) is 0 Å². The highest BCUT2D eigenvalue weighted by molar-refractivity contribution is 5.11. The number of hydrogen-bond acceptors (Lipinski definition) is 3. The van der Waals surface area contributed by atoms with Crippen molar-refractivity contribution in [2.75, 3.05) is 13.6 Å². The lowest BCUT2D eigenvalue weighted by molar-refractivity contribution is -0.00687. The van der Waals surface area contributed by atoms with Crippen molar-refractivity contribution in [1.82, 2.24) is 20.1 Å². The van der Waals surface area contributed by atoms with Crippen LogP contribution in [0.3, 0.4) is 0 Å². The van der Waals surface area contributed by atoms with Gasteiger partial charge in [-0.05, 0) is 62.8 Å². The molecule has 0 atom stereocenters. The van der Waals surface area contributed by atoms with Crippen LogP contribution in [-0.2, 0) is 6.54 Å². The maximum absolute atomic E-state index is 4.50. The van der Waals surface area contributed by atoms with Crippen molar-refractivity contribution >= 4 is 0 Å². The number of nitrogens with one attached hydrogen (secondary N) is 1. The van der Waals surface area contributed by atoms with E-state index in [4.69, 9.17) is 0 Å². The zero-order valence-electron chi connectivity index (χ0n) is 11.8. The van der Waals surface area contributed by atoms with E-state index in [-0.39, 0.29) is 0 Å². The molecule has 1 heterocycles. The Morgan fingerprint density at radius 1 is 1.16 bits per heavy atom. The van der Waals surface area contributed by atoms with Crippen molar-refractivity contribution in [2.45, 2.75) is 44.6 Å². The molecule has 4 fully saturated rings. The average molecular weight is 260 g/mol. The first-order chi connectivity index (χ1) is 9.35. The van der Waals surface area contributed by atoms with E-state index in [2.05, 4.69) is 20.1 Å². The Balaban J connectivity index is 1.60. The molecule has 19 heavy (non-hydrogen) atoms. The molecule has 0 amide bonds. The van der Waals surface area contributed by atoms with Gasteiger partial charge in [0.15, 0.2) is 0 Å². The molecular formula is C15H24N4. The molecule has 4 heteroatoms. The lowest BCUT2D eigenvalue weighted by atomic mass is 9.51. The Labute approximate surface area is 115 Å². The molecule has 4 nitrogen and oxygen atoms in total. The summed E-state index contributed by atoms with van der Waals surface area (Å²) >= 11 is 0. The first-order valence-electron chi connectivity index (χ1n) is 7.87. The first kappa shape index (κ1) is 11.9. The summed E-state index contributed by atoms with van der Waals surface area (Å²) in [6.45, 7) is 2.00. The quantitative estimate of drug-likeness (QED) is 0.901. The van der Waals surface area contributed by atoms with Crippen molar-refractivity contribution < 1.29 is 0 Å². The van der Waals surface area contributed by atoms with E-state index in [1.54, 1.807) is 0 Å². The smallest absolute Gasteiger partial charge is 0.136 e. The third kappa shape index (κ3) is 1.92. The second-order valence-corrected chi connectivity index (χ2v) is 6.94. The third-order valence-electron chi connectivity index (χ3n) is 5.77. The zero-order chi connectivity index (χ0) is 12.8. The van der Waals surface area contributed by atoms with Gasteiger partial charge in [0.05, 0.1) is 0 Å². The molecule has 1 aromatic rings. The predicted molar refractivity (Wildman–Crippen MR) is 73.7 cm³/mol. The highest BCUT2D eigenvalue weighted by Crippen LogP contribution is 2.59. The van der Waals surface area contributed by atoms with Crippen LogP contribution in [-0.4, -0.2) is 28.4 Å². The monoisotopic (exact) mass is 260 g/mol. The average Bonchev–Trinajstić information content (AvgIpc) is 2.83. The van der Waals surface area contributed by atoms with Crippen LogP contribution in [0.2, 0.25) is 0 Å². The molecule has 0 spiro atoms. The van der Waals surface area contributed by atoms with Gasteiger partial charge >= 0.3 is 0 Å². The number of rotatable bonds is 4. The summed E-state index contributed by atoms with van der Waals surface area (Å²) < 4.78 is 2.30. The molecule has 4 saturated carbocycles. The molecule has 5 rings (SSSR count). The molecule has 0 aliphatic heterocycles. The number of nitrogens with zero attached hydrogens (tertiary/aromatic N) is 3. The van der Waals surface area contributed by atoms with Crippen LogP contribution < -0.4 is 5.32 Å². The standard InChI is InChI=1S/C15H24N4/c1-16-2-3-19-9-17-18-15(19)14-12-5-10-4-11(7-12)8-13(14)6-10/h9-14,16H,2-8H2,1H3. The third-order valence-corrected chi connectivity index (χ3v) is 5.77. The van der Waals surface area contributed by atoms with Gasteiger partial charge in [0.2, 0.25) is 0 Å². The van der Waals surface area contributed by atoms with Crippen LogP contribution in [0.4, 0.5) is 0 Å². The summed E-state index contributed by atoms with van der Waals surface area (Å²) in [5.41, 5.74) is 0. The Morgan fingerprint density at radius 3 is 2.47 bits per heavy atom. The molecule has 0 aromatic carbocycles. The summed E-state index contributed by atoms with van der Waals surface area (Å²) in [5.74, 6) is 5.85. The molecule has 1 aromatic heterocycles. The molecule has 0 saturated heterocycles. The van der Waals surface area contributed by atoms with E-state index in [1.807, 2.05) is 13.4 Å². The summed E-state index contributed by atoms with van der Waals surface area (Å²) in [7, 11) is 2.01. The van der Waals surface area contributed by atoms with Crippen molar-refractivity contribution in [3.8, 4) is 0 Å². The van der Waals surface area contributed by atoms with Crippen LogP contribution in [0.25, 0.3) is 0 Å². The second kappa shape index (κ2) is 4.58. The Bertz CT molecular complexity index is 425. The molecule has 0 radical (unpaired) electrons. The van der Waals surface area contributed by atoms with Gasteiger partial charge in [-0.15, -0.1) is 10.2 Å². The fourth-order valence-electron chi connectivity index (χ4n) is 5.27. The van der Waals surface area contributed by atoms with E-state index in [1.165, 1.54) is 37.9 Å². The van der Waals surface area contributed by atoms with E-state index < -0.39 is 0 Å². The maximum atomic E-state index is 4.50. The predicted octanol–water partition coefficient (Wildman–Crippen LogP) is 2.04. The Kier molecular flexibility index (Phi) is 2.87. The molecule has 1 N–H and O–H groups in total.